The molecule has 0 radical (unpaired) electrons. The van der Waals surface area contributed by atoms with Gasteiger partial charge in [-0.1, -0.05) is 26.7 Å². The smallest absolute Gasteiger partial charge is 0.224 e. The van der Waals surface area contributed by atoms with Crippen LogP contribution in [0, 0.1) is 0 Å². The molecule has 0 bridgehead atoms. The van der Waals surface area contributed by atoms with Gasteiger partial charge in [-0.25, -0.2) is 4.98 Å². The predicted octanol–water partition coefficient (Wildman–Crippen LogP) is 4.27. The standard InChI is InChI=1S/C17H25N3OS/c1-12(2)17-20-14-9-8-13(11-15(14)22-17)19-16(21)7-5-3-4-6-10-18/h8-9,11-12H,3-7,10,18H2,1-2H3,(H,19,21). The van der Waals surface area contributed by atoms with Crippen molar-refractivity contribution in [2.24, 2.45) is 5.73 Å². The molecule has 3 N–H and O–H groups in total. The van der Waals surface area contributed by atoms with Crippen LogP contribution in [0.25, 0.3) is 10.2 Å². The van der Waals surface area contributed by atoms with Gasteiger partial charge < -0.3 is 11.1 Å². The summed E-state index contributed by atoms with van der Waals surface area (Å²) in [6.45, 7) is 5.02. The number of nitrogens with one attached hydrogen (secondary N) is 1. The van der Waals surface area contributed by atoms with Crippen LogP contribution >= 0.6 is 11.3 Å². The highest BCUT2D eigenvalue weighted by atomic mass is 32.1. The fourth-order valence-corrected chi connectivity index (χ4v) is 3.28. The molecule has 4 nitrogen and oxygen atoms in total. The monoisotopic (exact) mass is 319 g/mol. The van der Waals surface area contributed by atoms with Gasteiger partial charge in [0.15, 0.2) is 0 Å². The molecule has 0 fully saturated rings. The summed E-state index contributed by atoms with van der Waals surface area (Å²) < 4.78 is 1.13. The van der Waals surface area contributed by atoms with E-state index in [2.05, 4.69) is 24.1 Å². The van der Waals surface area contributed by atoms with Gasteiger partial charge in [-0.15, -0.1) is 11.3 Å². The highest BCUT2D eigenvalue weighted by molar-refractivity contribution is 7.18. The zero-order valence-corrected chi connectivity index (χ0v) is 14.2. The molecule has 120 valence electrons. The van der Waals surface area contributed by atoms with Gasteiger partial charge in [-0.2, -0.15) is 0 Å². The van der Waals surface area contributed by atoms with E-state index in [1.54, 1.807) is 11.3 Å². The van der Waals surface area contributed by atoms with E-state index in [0.717, 1.165) is 53.1 Å². The second-order valence-corrected chi connectivity index (χ2v) is 6.95. The number of anilines is 1. The molecule has 1 aromatic heterocycles. The third-order valence-corrected chi connectivity index (χ3v) is 4.86. The second-order valence-electron chi connectivity index (χ2n) is 5.89. The first kappa shape index (κ1) is 16.9. The normalized spacial score (nSPS) is 11.3. The molecule has 0 aliphatic carbocycles. The molecule has 0 aliphatic heterocycles. The van der Waals surface area contributed by atoms with Crippen molar-refractivity contribution < 1.29 is 4.79 Å². The molecule has 5 heteroatoms. The molecular formula is C17H25N3OS. The largest absolute Gasteiger partial charge is 0.330 e. The van der Waals surface area contributed by atoms with Crippen molar-refractivity contribution in [3.8, 4) is 0 Å². The number of hydrogen-bond donors (Lipinski definition) is 2. The molecule has 0 saturated carbocycles. The highest BCUT2D eigenvalue weighted by Crippen LogP contribution is 2.29. The molecule has 0 saturated heterocycles. The number of fused-ring (bicyclic) bond motifs is 1. The summed E-state index contributed by atoms with van der Waals surface area (Å²) in [6, 6.07) is 5.93. The molecule has 0 spiro atoms. The number of hydrogen-bond acceptors (Lipinski definition) is 4. The first-order chi connectivity index (χ1) is 10.6. The van der Waals surface area contributed by atoms with E-state index in [4.69, 9.17) is 5.73 Å². The van der Waals surface area contributed by atoms with Gasteiger partial charge in [0.25, 0.3) is 0 Å². The zero-order chi connectivity index (χ0) is 15.9. The summed E-state index contributed by atoms with van der Waals surface area (Å²) in [7, 11) is 0. The molecule has 1 aromatic carbocycles. The Hall–Kier alpha value is -1.46. The number of nitrogens with two attached hydrogens (primary N) is 1. The summed E-state index contributed by atoms with van der Waals surface area (Å²) >= 11 is 1.70. The summed E-state index contributed by atoms with van der Waals surface area (Å²) in [5, 5.41) is 4.12. The third kappa shape index (κ3) is 4.78. The van der Waals surface area contributed by atoms with E-state index in [9.17, 15) is 4.79 Å². The number of thiazole rings is 1. The average Bonchev–Trinajstić information content (AvgIpc) is 2.90. The number of benzene rings is 1. The maximum Gasteiger partial charge on any atom is 0.224 e. The van der Waals surface area contributed by atoms with Crippen molar-refractivity contribution in [3.05, 3.63) is 23.2 Å². The first-order valence-corrected chi connectivity index (χ1v) is 8.82. The molecule has 0 aliphatic rings. The lowest BCUT2D eigenvalue weighted by atomic mass is 10.1. The van der Waals surface area contributed by atoms with Crippen molar-refractivity contribution in [2.75, 3.05) is 11.9 Å². The van der Waals surface area contributed by atoms with Crippen molar-refractivity contribution in [1.82, 2.24) is 4.98 Å². The van der Waals surface area contributed by atoms with Gasteiger partial charge in [0.1, 0.15) is 0 Å². The van der Waals surface area contributed by atoms with Crippen molar-refractivity contribution in [3.63, 3.8) is 0 Å². The number of aromatic nitrogens is 1. The summed E-state index contributed by atoms with van der Waals surface area (Å²) in [6.07, 6.45) is 4.71. The van der Waals surface area contributed by atoms with E-state index >= 15 is 0 Å². The highest BCUT2D eigenvalue weighted by Gasteiger charge is 2.09. The molecule has 2 rings (SSSR count). The van der Waals surface area contributed by atoms with Crippen molar-refractivity contribution >= 4 is 33.1 Å². The summed E-state index contributed by atoms with van der Waals surface area (Å²) in [5.41, 5.74) is 7.32. The predicted molar refractivity (Wildman–Crippen MR) is 94.5 cm³/mol. The van der Waals surface area contributed by atoms with Gasteiger partial charge in [0, 0.05) is 18.0 Å². The topological polar surface area (TPSA) is 68.0 Å². The SMILES string of the molecule is CC(C)c1nc2ccc(NC(=O)CCCCCCN)cc2s1. The fraction of sp³-hybridized carbons (Fsp3) is 0.529. The molecular weight excluding hydrogens is 294 g/mol. The maximum absolute atomic E-state index is 11.9. The Morgan fingerprint density at radius 1 is 1.27 bits per heavy atom. The molecule has 1 amide bonds. The molecule has 2 aromatic rings. The van der Waals surface area contributed by atoms with E-state index in [-0.39, 0.29) is 5.91 Å². The lowest BCUT2D eigenvalue weighted by molar-refractivity contribution is -0.116. The van der Waals surface area contributed by atoms with Crippen LogP contribution in [-0.2, 0) is 4.79 Å². The van der Waals surface area contributed by atoms with Crippen LogP contribution < -0.4 is 11.1 Å². The lowest BCUT2D eigenvalue weighted by Gasteiger charge is -2.05. The van der Waals surface area contributed by atoms with Crippen LogP contribution in [0.2, 0.25) is 0 Å². The van der Waals surface area contributed by atoms with Gasteiger partial charge in [0.05, 0.1) is 15.2 Å². The Morgan fingerprint density at radius 2 is 2.05 bits per heavy atom. The van der Waals surface area contributed by atoms with Crippen molar-refractivity contribution in [2.45, 2.75) is 51.9 Å². The molecule has 0 atom stereocenters. The Balaban J connectivity index is 1.89. The van der Waals surface area contributed by atoms with Crippen LogP contribution in [0.4, 0.5) is 5.69 Å². The summed E-state index contributed by atoms with van der Waals surface area (Å²) in [5.74, 6) is 0.518. The van der Waals surface area contributed by atoms with Gasteiger partial charge in [0.2, 0.25) is 5.91 Å². The number of amides is 1. The van der Waals surface area contributed by atoms with Gasteiger partial charge in [-0.05, 0) is 37.6 Å². The quantitative estimate of drug-likeness (QED) is 0.714. The number of rotatable bonds is 8. The Morgan fingerprint density at radius 3 is 2.77 bits per heavy atom. The number of unbranched alkanes of at least 4 members (excludes halogenated alkanes) is 3. The Labute approximate surface area is 136 Å². The van der Waals surface area contributed by atoms with Crippen molar-refractivity contribution in [1.29, 1.82) is 0 Å². The van der Waals surface area contributed by atoms with Crippen LogP contribution in [0.1, 0.15) is 56.9 Å². The minimum Gasteiger partial charge on any atom is -0.330 e. The number of carbonyl (C=O) groups is 1. The van der Waals surface area contributed by atoms with Crippen LogP contribution in [0.3, 0.4) is 0 Å². The van der Waals surface area contributed by atoms with E-state index in [1.807, 2.05) is 18.2 Å². The van der Waals surface area contributed by atoms with E-state index < -0.39 is 0 Å². The van der Waals surface area contributed by atoms with Gasteiger partial charge in [-0.3, -0.25) is 4.79 Å². The fourth-order valence-electron chi connectivity index (χ4n) is 2.27. The van der Waals surface area contributed by atoms with E-state index in [1.165, 1.54) is 0 Å². The second kappa shape index (κ2) is 8.25. The minimum atomic E-state index is 0.0840. The average molecular weight is 319 g/mol. The summed E-state index contributed by atoms with van der Waals surface area (Å²) in [4.78, 5) is 16.6. The Kier molecular flexibility index (Phi) is 6.34. The minimum absolute atomic E-state index is 0.0840. The Bertz CT molecular complexity index is 621. The van der Waals surface area contributed by atoms with Crippen LogP contribution in [0.15, 0.2) is 18.2 Å². The number of carbonyl (C=O) groups excluding carboxylic acids is 1. The lowest BCUT2D eigenvalue weighted by Crippen LogP contribution is -2.11. The van der Waals surface area contributed by atoms with Crippen LogP contribution in [0.5, 0.6) is 0 Å². The molecule has 0 unspecified atom stereocenters. The van der Waals surface area contributed by atoms with E-state index in [0.29, 0.717) is 12.3 Å². The number of nitrogens with zero attached hydrogens (tertiary/aromatic N) is 1. The third-order valence-electron chi connectivity index (χ3n) is 3.54. The molecule has 22 heavy (non-hydrogen) atoms. The maximum atomic E-state index is 11.9. The molecule has 1 heterocycles. The first-order valence-electron chi connectivity index (χ1n) is 8.00. The van der Waals surface area contributed by atoms with Gasteiger partial charge >= 0.3 is 0 Å². The van der Waals surface area contributed by atoms with Crippen LogP contribution in [-0.4, -0.2) is 17.4 Å². The zero-order valence-electron chi connectivity index (χ0n) is 13.4.